The van der Waals surface area contributed by atoms with Crippen molar-refractivity contribution in [3.05, 3.63) is 34.1 Å². The van der Waals surface area contributed by atoms with Crippen LogP contribution in [0, 0.1) is 15.9 Å². The number of rotatable bonds is 7. The normalized spacial score (nSPS) is 13.6. The van der Waals surface area contributed by atoms with Crippen molar-refractivity contribution in [3.63, 3.8) is 0 Å². The molecule has 1 unspecified atom stereocenters. The predicted octanol–water partition coefficient (Wildman–Crippen LogP) is 1.69. The molecule has 0 fully saturated rings. The molecule has 0 saturated carbocycles. The maximum atomic E-state index is 12.9. The number of carbonyl (C=O) groups is 1. The lowest BCUT2D eigenvalue weighted by atomic mass is 9.98. The number of hydrogen-bond acceptors (Lipinski definition) is 5. The minimum Gasteiger partial charge on any atom is -0.487 e. The number of halogens is 1. The number of carboxylic acid groups (broad SMARTS) is 1. The van der Waals surface area contributed by atoms with E-state index in [0.29, 0.717) is 6.42 Å². The summed E-state index contributed by atoms with van der Waals surface area (Å²) in [5.74, 6) is -1.93. The van der Waals surface area contributed by atoms with Gasteiger partial charge in [0.05, 0.1) is 17.6 Å². The van der Waals surface area contributed by atoms with Crippen molar-refractivity contribution in [1.29, 1.82) is 0 Å². The number of ether oxygens (including phenoxy) is 1. The summed E-state index contributed by atoms with van der Waals surface area (Å²) in [5.41, 5.74) is 3.67. The highest BCUT2D eigenvalue weighted by atomic mass is 19.1. The summed E-state index contributed by atoms with van der Waals surface area (Å²) in [4.78, 5) is 20.7. The van der Waals surface area contributed by atoms with Crippen LogP contribution in [-0.2, 0) is 4.79 Å². The van der Waals surface area contributed by atoms with Crippen molar-refractivity contribution in [1.82, 2.24) is 0 Å². The van der Waals surface area contributed by atoms with Crippen LogP contribution in [-0.4, -0.2) is 28.1 Å². The Hall–Kier alpha value is -2.22. The molecule has 110 valence electrons. The molecule has 0 radical (unpaired) electrons. The summed E-state index contributed by atoms with van der Waals surface area (Å²) in [5, 5.41) is 19.5. The van der Waals surface area contributed by atoms with Crippen molar-refractivity contribution in [2.24, 2.45) is 5.73 Å². The Balaban J connectivity index is 2.59. The van der Waals surface area contributed by atoms with Gasteiger partial charge in [0.15, 0.2) is 5.75 Å². The Morgan fingerprint density at radius 1 is 1.60 bits per heavy atom. The van der Waals surface area contributed by atoms with Gasteiger partial charge in [0.25, 0.3) is 0 Å². The first kappa shape index (κ1) is 15.8. The molecule has 8 heteroatoms. The number of benzene rings is 1. The fourth-order valence-electron chi connectivity index (χ4n) is 1.48. The van der Waals surface area contributed by atoms with Crippen molar-refractivity contribution in [2.75, 3.05) is 6.61 Å². The summed E-state index contributed by atoms with van der Waals surface area (Å²) in [6, 6.07) is 2.97. The van der Waals surface area contributed by atoms with Crippen LogP contribution in [0.15, 0.2) is 18.2 Å². The van der Waals surface area contributed by atoms with E-state index >= 15 is 0 Å². The molecule has 0 aliphatic rings. The van der Waals surface area contributed by atoms with Gasteiger partial charge in [0.1, 0.15) is 11.4 Å². The van der Waals surface area contributed by atoms with Crippen molar-refractivity contribution in [2.45, 2.75) is 25.3 Å². The maximum absolute atomic E-state index is 12.9. The summed E-state index contributed by atoms with van der Waals surface area (Å²) in [7, 11) is 0. The van der Waals surface area contributed by atoms with Crippen molar-refractivity contribution in [3.8, 4) is 5.75 Å². The van der Waals surface area contributed by atoms with Crippen molar-refractivity contribution >= 4 is 11.7 Å². The molecule has 0 amide bonds. The van der Waals surface area contributed by atoms with Gasteiger partial charge < -0.3 is 15.6 Å². The van der Waals surface area contributed by atoms with Gasteiger partial charge in [-0.25, -0.2) is 4.39 Å². The van der Waals surface area contributed by atoms with Crippen LogP contribution in [0.25, 0.3) is 0 Å². The molecule has 0 saturated heterocycles. The minimum atomic E-state index is -1.38. The van der Waals surface area contributed by atoms with Gasteiger partial charge in [-0.15, -0.1) is 0 Å². The third-order valence-corrected chi connectivity index (χ3v) is 2.70. The van der Waals surface area contributed by atoms with E-state index in [-0.39, 0.29) is 18.8 Å². The zero-order valence-corrected chi connectivity index (χ0v) is 10.8. The Kier molecular flexibility index (Phi) is 4.98. The second kappa shape index (κ2) is 6.29. The minimum absolute atomic E-state index is 0.0482. The number of nitro benzene ring substituents is 1. The number of aliphatic carboxylic acids is 1. The molecule has 7 nitrogen and oxygen atoms in total. The zero-order valence-electron chi connectivity index (χ0n) is 10.8. The number of carboxylic acids is 1. The summed E-state index contributed by atoms with van der Waals surface area (Å²) >= 11 is 0. The van der Waals surface area contributed by atoms with Crippen LogP contribution < -0.4 is 10.5 Å². The SMILES string of the molecule is CC(N)(CCCOc1ccc(F)cc1[N+](=O)[O-])C(=O)O. The first-order valence-corrected chi connectivity index (χ1v) is 5.83. The van der Waals surface area contributed by atoms with E-state index in [4.69, 9.17) is 15.6 Å². The van der Waals surface area contributed by atoms with Gasteiger partial charge in [0, 0.05) is 0 Å². The highest BCUT2D eigenvalue weighted by Gasteiger charge is 2.27. The first-order valence-electron chi connectivity index (χ1n) is 5.83. The second-order valence-corrected chi connectivity index (χ2v) is 4.54. The topological polar surface area (TPSA) is 116 Å². The molecule has 3 N–H and O–H groups in total. The molecule has 1 aromatic carbocycles. The lowest BCUT2D eigenvalue weighted by molar-refractivity contribution is -0.386. The zero-order chi connectivity index (χ0) is 15.3. The van der Waals surface area contributed by atoms with E-state index < -0.39 is 27.9 Å². The lowest BCUT2D eigenvalue weighted by Crippen LogP contribution is -2.44. The molecule has 0 aliphatic carbocycles. The molecule has 0 bridgehead atoms. The molecule has 0 heterocycles. The fourth-order valence-corrected chi connectivity index (χ4v) is 1.48. The summed E-state index contributed by atoms with van der Waals surface area (Å²) < 4.78 is 18.1. The van der Waals surface area contributed by atoms with E-state index in [9.17, 15) is 19.3 Å². The van der Waals surface area contributed by atoms with E-state index in [2.05, 4.69) is 0 Å². The number of nitrogens with two attached hydrogens (primary N) is 1. The molecule has 0 aliphatic heterocycles. The third-order valence-electron chi connectivity index (χ3n) is 2.70. The molecule has 0 spiro atoms. The Morgan fingerprint density at radius 2 is 2.25 bits per heavy atom. The van der Waals surface area contributed by atoms with Crippen LogP contribution in [0.2, 0.25) is 0 Å². The highest BCUT2D eigenvalue weighted by molar-refractivity contribution is 5.77. The summed E-state index contributed by atoms with van der Waals surface area (Å²) in [6.07, 6.45) is 0.450. The third kappa shape index (κ3) is 4.16. The standard InChI is InChI=1S/C12H15FN2O5/c1-12(14,11(16)17)5-2-6-20-10-4-3-8(13)7-9(10)15(18)19/h3-4,7H,2,5-6,14H2,1H3,(H,16,17). The predicted molar refractivity (Wildman–Crippen MR) is 68.0 cm³/mol. The molecule has 0 aromatic heterocycles. The van der Waals surface area contributed by atoms with Gasteiger partial charge in [-0.2, -0.15) is 0 Å². The average molecular weight is 286 g/mol. The molecule has 1 atom stereocenters. The highest BCUT2D eigenvalue weighted by Crippen LogP contribution is 2.27. The Bertz CT molecular complexity index is 519. The largest absolute Gasteiger partial charge is 0.487 e. The average Bonchev–Trinajstić information content (AvgIpc) is 2.35. The Labute approximate surface area is 114 Å². The van der Waals surface area contributed by atoms with Crippen molar-refractivity contribution < 1.29 is 24.0 Å². The van der Waals surface area contributed by atoms with Gasteiger partial charge in [-0.05, 0) is 31.9 Å². The van der Waals surface area contributed by atoms with Crippen LogP contribution in [0.1, 0.15) is 19.8 Å². The lowest BCUT2D eigenvalue weighted by Gasteiger charge is -2.18. The quantitative estimate of drug-likeness (QED) is 0.447. The maximum Gasteiger partial charge on any atom is 0.323 e. The van der Waals surface area contributed by atoms with Gasteiger partial charge in [0.2, 0.25) is 0 Å². The van der Waals surface area contributed by atoms with Gasteiger partial charge in [-0.3, -0.25) is 14.9 Å². The van der Waals surface area contributed by atoms with E-state index in [1.807, 2.05) is 0 Å². The first-order chi connectivity index (χ1) is 9.24. The second-order valence-electron chi connectivity index (χ2n) is 4.54. The number of hydrogen-bond donors (Lipinski definition) is 2. The molecule has 1 aromatic rings. The molecular weight excluding hydrogens is 271 g/mol. The monoisotopic (exact) mass is 286 g/mol. The molecule has 20 heavy (non-hydrogen) atoms. The van der Waals surface area contributed by atoms with E-state index in [0.717, 1.165) is 18.2 Å². The van der Waals surface area contributed by atoms with Crippen LogP contribution in [0.4, 0.5) is 10.1 Å². The molecular formula is C12H15FN2O5. The van der Waals surface area contributed by atoms with Crippen LogP contribution in [0.3, 0.4) is 0 Å². The smallest absolute Gasteiger partial charge is 0.323 e. The molecule has 1 rings (SSSR count). The number of nitro groups is 1. The van der Waals surface area contributed by atoms with E-state index in [1.54, 1.807) is 0 Å². The van der Waals surface area contributed by atoms with Gasteiger partial charge in [-0.1, -0.05) is 0 Å². The van der Waals surface area contributed by atoms with Crippen LogP contribution in [0.5, 0.6) is 5.75 Å². The fraction of sp³-hybridized carbons (Fsp3) is 0.417. The number of nitrogens with zero attached hydrogens (tertiary/aromatic N) is 1. The van der Waals surface area contributed by atoms with Crippen LogP contribution >= 0.6 is 0 Å². The van der Waals surface area contributed by atoms with E-state index in [1.165, 1.54) is 6.92 Å². The Morgan fingerprint density at radius 3 is 2.80 bits per heavy atom. The summed E-state index contributed by atoms with van der Waals surface area (Å²) in [6.45, 7) is 1.42. The van der Waals surface area contributed by atoms with Gasteiger partial charge >= 0.3 is 11.7 Å².